The molecular weight excluding hydrogens is 162 g/mol. The van der Waals surface area contributed by atoms with Gasteiger partial charge in [-0.05, 0) is 25.7 Å². The highest BCUT2D eigenvalue weighted by Crippen LogP contribution is 2.18. The Bertz CT molecular complexity index is 137. The summed E-state index contributed by atoms with van der Waals surface area (Å²) in [5, 5.41) is 3.64. The van der Waals surface area contributed by atoms with E-state index in [9.17, 15) is 0 Å². The van der Waals surface area contributed by atoms with E-state index in [2.05, 4.69) is 5.32 Å². The molecule has 76 valence electrons. The molecule has 1 aliphatic carbocycles. The monoisotopic (exact) mass is 183 g/mol. The van der Waals surface area contributed by atoms with Gasteiger partial charge in [-0.1, -0.05) is 19.3 Å². The molecule has 1 saturated heterocycles. The van der Waals surface area contributed by atoms with E-state index >= 15 is 0 Å². The summed E-state index contributed by atoms with van der Waals surface area (Å²) in [5.41, 5.74) is 0. The van der Waals surface area contributed by atoms with Crippen LogP contribution in [0.25, 0.3) is 0 Å². The lowest BCUT2D eigenvalue weighted by Gasteiger charge is -2.24. The first-order chi connectivity index (χ1) is 6.45. The summed E-state index contributed by atoms with van der Waals surface area (Å²) >= 11 is 0. The zero-order valence-corrected chi connectivity index (χ0v) is 8.43. The summed E-state index contributed by atoms with van der Waals surface area (Å²) in [6, 6.07) is 0.790. The minimum Gasteiger partial charge on any atom is -0.377 e. The Kier molecular flexibility index (Phi) is 3.62. The molecule has 1 atom stereocenters. The minimum absolute atomic E-state index is 0.516. The van der Waals surface area contributed by atoms with E-state index in [1.54, 1.807) is 0 Å². The third kappa shape index (κ3) is 2.96. The van der Waals surface area contributed by atoms with Gasteiger partial charge < -0.3 is 10.1 Å². The standard InChI is InChI=1S/C11H21NO/c1-2-5-10(6-3-1)12-9-11-7-4-8-13-11/h10-12H,1-9H2/t11-/m0/s1. The van der Waals surface area contributed by atoms with E-state index in [1.807, 2.05) is 0 Å². The molecule has 1 N–H and O–H groups in total. The van der Waals surface area contributed by atoms with Crippen molar-refractivity contribution in [2.75, 3.05) is 13.2 Å². The topological polar surface area (TPSA) is 21.3 Å². The van der Waals surface area contributed by atoms with Crippen LogP contribution in [0.4, 0.5) is 0 Å². The maximum Gasteiger partial charge on any atom is 0.0700 e. The number of hydrogen-bond donors (Lipinski definition) is 1. The fraction of sp³-hybridized carbons (Fsp3) is 1.00. The van der Waals surface area contributed by atoms with Crippen molar-refractivity contribution >= 4 is 0 Å². The molecule has 2 nitrogen and oxygen atoms in total. The Morgan fingerprint density at radius 3 is 2.54 bits per heavy atom. The molecule has 0 aromatic rings. The first-order valence-electron chi connectivity index (χ1n) is 5.80. The summed E-state index contributed by atoms with van der Waals surface area (Å²) < 4.78 is 5.58. The highest BCUT2D eigenvalue weighted by Gasteiger charge is 2.18. The maximum atomic E-state index is 5.58. The smallest absolute Gasteiger partial charge is 0.0700 e. The van der Waals surface area contributed by atoms with Gasteiger partial charge in [0.05, 0.1) is 6.10 Å². The second kappa shape index (κ2) is 4.97. The molecule has 2 fully saturated rings. The van der Waals surface area contributed by atoms with E-state index < -0.39 is 0 Å². The first-order valence-corrected chi connectivity index (χ1v) is 5.80. The molecule has 0 bridgehead atoms. The predicted octanol–water partition coefficient (Wildman–Crippen LogP) is 2.09. The number of rotatable bonds is 3. The summed E-state index contributed by atoms with van der Waals surface area (Å²) in [4.78, 5) is 0. The summed E-state index contributed by atoms with van der Waals surface area (Å²) in [5.74, 6) is 0. The molecule has 1 saturated carbocycles. The van der Waals surface area contributed by atoms with Gasteiger partial charge in [0.15, 0.2) is 0 Å². The molecule has 2 aliphatic rings. The van der Waals surface area contributed by atoms with Crippen molar-refractivity contribution in [3.63, 3.8) is 0 Å². The Labute approximate surface area is 81.0 Å². The third-order valence-corrected chi connectivity index (χ3v) is 3.26. The van der Waals surface area contributed by atoms with Crippen LogP contribution in [0.15, 0.2) is 0 Å². The average molecular weight is 183 g/mol. The highest BCUT2D eigenvalue weighted by atomic mass is 16.5. The molecule has 1 aliphatic heterocycles. The van der Waals surface area contributed by atoms with Crippen molar-refractivity contribution in [2.24, 2.45) is 0 Å². The summed E-state index contributed by atoms with van der Waals surface area (Å²) in [6.07, 6.45) is 10.1. The lowest BCUT2D eigenvalue weighted by molar-refractivity contribution is 0.106. The summed E-state index contributed by atoms with van der Waals surface area (Å²) in [6.45, 7) is 2.07. The fourth-order valence-corrected chi connectivity index (χ4v) is 2.41. The molecule has 1 heterocycles. The highest BCUT2D eigenvalue weighted by molar-refractivity contribution is 4.75. The van der Waals surface area contributed by atoms with Crippen LogP contribution in [0.1, 0.15) is 44.9 Å². The molecule has 0 spiro atoms. The Balaban J connectivity index is 1.60. The third-order valence-electron chi connectivity index (χ3n) is 3.26. The SMILES string of the molecule is C1CCC(NC[C@@H]2CCCO2)CC1. The number of hydrogen-bond acceptors (Lipinski definition) is 2. The molecule has 0 amide bonds. The second-order valence-electron chi connectivity index (χ2n) is 4.38. The van der Waals surface area contributed by atoms with Crippen LogP contribution in [-0.4, -0.2) is 25.3 Å². The summed E-state index contributed by atoms with van der Waals surface area (Å²) in [7, 11) is 0. The van der Waals surface area contributed by atoms with Gasteiger partial charge in [-0.2, -0.15) is 0 Å². The van der Waals surface area contributed by atoms with Crippen LogP contribution in [-0.2, 0) is 4.74 Å². The molecule has 13 heavy (non-hydrogen) atoms. The fourth-order valence-electron chi connectivity index (χ4n) is 2.41. The zero-order chi connectivity index (χ0) is 8.93. The molecule has 2 rings (SSSR count). The molecule has 0 aromatic carbocycles. The van der Waals surface area contributed by atoms with Gasteiger partial charge in [0.1, 0.15) is 0 Å². The van der Waals surface area contributed by atoms with Crippen molar-refractivity contribution in [2.45, 2.75) is 57.1 Å². The van der Waals surface area contributed by atoms with Crippen molar-refractivity contribution in [3.05, 3.63) is 0 Å². The van der Waals surface area contributed by atoms with Gasteiger partial charge in [0, 0.05) is 19.2 Å². The molecular formula is C11H21NO. The van der Waals surface area contributed by atoms with Crippen LogP contribution in [0.3, 0.4) is 0 Å². The van der Waals surface area contributed by atoms with Crippen LogP contribution >= 0.6 is 0 Å². The number of ether oxygens (including phenoxy) is 1. The van der Waals surface area contributed by atoms with Crippen LogP contribution in [0.2, 0.25) is 0 Å². The first kappa shape index (κ1) is 9.47. The van der Waals surface area contributed by atoms with Gasteiger partial charge in [-0.15, -0.1) is 0 Å². The van der Waals surface area contributed by atoms with Crippen LogP contribution in [0.5, 0.6) is 0 Å². The lowest BCUT2D eigenvalue weighted by Crippen LogP contribution is -2.36. The Morgan fingerprint density at radius 1 is 1.00 bits per heavy atom. The van der Waals surface area contributed by atoms with Gasteiger partial charge in [0.25, 0.3) is 0 Å². The zero-order valence-electron chi connectivity index (χ0n) is 8.43. The van der Waals surface area contributed by atoms with Gasteiger partial charge in [-0.25, -0.2) is 0 Å². The van der Waals surface area contributed by atoms with Crippen LogP contribution < -0.4 is 5.32 Å². The maximum absolute atomic E-state index is 5.58. The van der Waals surface area contributed by atoms with Crippen LogP contribution in [0, 0.1) is 0 Å². The molecule has 0 radical (unpaired) electrons. The van der Waals surface area contributed by atoms with Gasteiger partial charge in [-0.3, -0.25) is 0 Å². The normalized spacial score (nSPS) is 30.9. The van der Waals surface area contributed by atoms with Crippen molar-refractivity contribution in [3.8, 4) is 0 Å². The average Bonchev–Trinajstić information content (AvgIpc) is 2.69. The van der Waals surface area contributed by atoms with E-state index in [0.29, 0.717) is 6.10 Å². The van der Waals surface area contributed by atoms with E-state index in [0.717, 1.165) is 19.2 Å². The Morgan fingerprint density at radius 2 is 1.85 bits per heavy atom. The minimum atomic E-state index is 0.516. The van der Waals surface area contributed by atoms with Crippen molar-refractivity contribution in [1.29, 1.82) is 0 Å². The molecule has 2 heteroatoms. The second-order valence-corrected chi connectivity index (χ2v) is 4.38. The molecule has 0 aromatic heterocycles. The quantitative estimate of drug-likeness (QED) is 0.723. The van der Waals surface area contributed by atoms with Gasteiger partial charge in [0.2, 0.25) is 0 Å². The van der Waals surface area contributed by atoms with E-state index in [1.165, 1.54) is 44.9 Å². The Hall–Kier alpha value is -0.0800. The lowest BCUT2D eigenvalue weighted by atomic mass is 9.95. The predicted molar refractivity (Wildman–Crippen MR) is 53.8 cm³/mol. The van der Waals surface area contributed by atoms with E-state index in [4.69, 9.17) is 4.74 Å². The van der Waals surface area contributed by atoms with Crippen molar-refractivity contribution in [1.82, 2.24) is 5.32 Å². The van der Waals surface area contributed by atoms with E-state index in [-0.39, 0.29) is 0 Å². The van der Waals surface area contributed by atoms with Crippen molar-refractivity contribution < 1.29 is 4.74 Å². The number of nitrogens with one attached hydrogen (secondary N) is 1. The molecule has 0 unspecified atom stereocenters. The van der Waals surface area contributed by atoms with Gasteiger partial charge >= 0.3 is 0 Å². The largest absolute Gasteiger partial charge is 0.377 e.